The number of hydrazine groups is 1. The first-order valence-corrected chi connectivity index (χ1v) is 6.66. The summed E-state index contributed by atoms with van der Waals surface area (Å²) in [6.45, 7) is 0. The third-order valence-corrected chi connectivity index (χ3v) is 3.58. The summed E-state index contributed by atoms with van der Waals surface area (Å²) in [6, 6.07) is 8.26. The monoisotopic (exact) mass is 263 g/mol. The van der Waals surface area contributed by atoms with Crippen LogP contribution in [0.15, 0.2) is 36.0 Å². The van der Waals surface area contributed by atoms with Gasteiger partial charge in [-0.2, -0.15) is 0 Å². The molecule has 0 radical (unpaired) electrons. The number of hydrogen-bond acceptors (Lipinski definition) is 5. The highest BCUT2D eigenvalue weighted by Gasteiger charge is 2.10. The first kappa shape index (κ1) is 13.0. The summed E-state index contributed by atoms with van der Waals surface area (Å²) in [4.78, 5) is 5.31. The van der Waals surface area contributed by atoms with Crippen LogP contribution in [0.1, 0.15) is 10.4 Å². The number of hydrogen-bond donors (Lipinski definition) is 2. The van der Waals surface area contributed by atoms with Crippen LogP contribution in [0.2, 0.25) is 0 Å². The molecule has 0 aliphatic carbocycles. The second-order valence-electron chi connectivity index (χ2n) is 4.09. The number of rotatable bonds is 6. The molecule has 96 valence electrons. The number of nitrogens with zero attached hydrogens (tertiary/aromatic N) is 1. The lowest BCUT2D eigenvalue weighted by Crippen LogP contribution is -2.38. The van der Waals surface area contributed by atoms with E-state index in [1.807, 2.05) is 29.9 Å². The molecule has 0 fully saturated rings. The maximum atomic E-state index is 5.61. The number of nitrogens with two attached hydrogens (primary N) is 1. The molecule has 0 aliphatic heterocycles. The zero-order valence-corrected chi connectivity index (χ0v) is 11.1. The molecule has 0 bridgehead atoms. The Hall–Kier alpha value is -1.43. The molecule has 2 rings (SSSR count). The van der Waals surface area contributed by atoms with Crippen molar-refractivity contribution in [3.63, 3.8) is 0 Å². The number of nitrogens with one attached hydrogen (secondary N) is 1. The zero-order chi connectivity index (χ0) is 12.8. The van der Waals surface area contributed by atoms with Gasteiger partial charge >= 0.3 is 0 Å². The van der Waals surface area contributed by atoms with Gasteiger partial charge < -0.3 is 4.74 Å². The number of thiazole rings is 1. The zero-order valence-electron chi connectivity index (χ0n) is 10.3. The second-order valence-corrected chi connectivity index (χ2v) is 5.06. The molecular formula is C13H17N3OS. The minimum atomic E-state index is 0.206. The summed E-state index contributed by atoms with van der Waals surface area (Å²) < 4.78 is 5.22. The van der Waals surface area contributed by atoms with E-state index in [1.54, 1.807) is 18.4 Å². The van der Waals surface area contributed by atoms with Gasteiger partial charge in [0, 0.05) is 23.5 Å². The molecule has 2 aromatic rings. The Kier molecular flexibility index (Phi) is 4.69. The summed E-state index contributed by atoms with van der Waals surface area (Å²) in [5, 5.41) is 0. The normalized spacial score (nSPS) is 12.3. The predicted molar refractivity (Wildman–Crippen MR) is 73.6 cm³/mol. The highest BCUT2D eigenvalue weighted by Crippen LogP contribution is 2.16. The maximum Gasteiger partial charge on any atom is 0.119 e. The van der Waals surface area contributed by atoms with Crippen LogP contribution in [0, 0.1) is 0 Å². The maximum absolute atomic E-state index is 5.61. The van der Waals surface area contributed by atoms with E-state index in [-0.39, 0.29) is 6.04 Å². The minimum absolute atomic E-state index is 0.206. The number of benzene rings is 1. The van der Waals surface area contributed by atoms with Crippen molar-refractivity contribution in [3.05, 3.63) is 46.4 Å². The van der Waals surface area contributed by atoms with E-state index in [0.717, 1.165) is 18.6 Å². The molecule has 0 amide bonds. The number of aromatic nitrogens is 1. The summed E-state index contributed by atoms with van der Waals surface area (Å²) in [7, 11) is 1.68. The first-order chi connectivity index (χ1) is 8.81. The van der Waals surface area contributed by atoms with E-state index >= 15 is 0 Å². The fourth-order valence-electron chi connectivity index (χ4n) is 1.86. The van der Waals surface area contributed by atoms with Gasteiger partial charge in [0.15, 0.2) is 0 Å². The van der Waals surface area contributed by atoms with Crippen molar-refractivity contribution in [2.24, 2.45) is 5.84 Å². The van der Waals surface area contributed by atoms with Crippen LogP contribution in [-0.4, -0.2) is 18.1 Å². The third-order valence-electron chi connectivity index (χ3n) is 2.78. The highest BCUT2D eigenvalue weighted by molar-refractivity contribution is 7.09. The van der Waals surface area contributed by atoms with E-state index in [4.69, 9.17) is 10.6 Å². The van der Waals surface area contributed by atoms with Crippen molar-refractivity contribution in [2.45, 2.75) is 18.9 Å². The lowest BCUT2D eigenvalue weighted by molar-refractivity contribution is 0.413. The van der Waals surface area contributed by atoms with Crippen molar-refractivity contribution in [1.29, 1.82) is 0 Å². The van der Waals surface area contributed by atoms with Crippen LogP contribution in [0.4, 0.5) is 0 Å². The Balaban J connectivity index is 2.00. The van der Waals surface area contributed by atoms with Crippen LogP contribution in [-0.2, 0) is 12.8 Å². The Morgan fingerprint density at radius 1 is 1.44 bits per heavy atom. The lowest BCUT2D eigenvalue weighted by atomic mass is 10.0. The van der Waals surface area contributed by atoms with E-state index in [2.05, 4.69) is 16.5 Å². The van der Waals surface area contributed by atoms with Crippen LogP contribution >= 0.6 is 11.3 Å². The van der Waals surface area contributed by atoms with Gasteiger partial charge in [0.1, 0.15) is 5.75 Å². The SMILES string of the molecule is COc1cccc(CC(Cc2cncs2)NN)c1. The molecule has 18 heavy (non-hydrogen) atoms. The fourth-order valence-corrected chi connectivity index (χ4v) is 2.54. The van der Waals surface area contributed by atoms with Gasteiger partial charge in [-0.3, -0.25) is 16.3 Å². The van der Waals surface area contributed by atoms with Crippen molar-refractivity contribution in [1.82, 2.24) is 10.4 Å². The smallest absolute Gasteiger partial charge is 0.119 e. The van der Waals surface area contributed by atoms with Crippen molar-refractivity contribution in [3.8, 4) is 5.75 Å². The summed E-state index contributed by atoms with van der Waals surface area (Å²) >= 11 is 1.65. The van der Waals surface area contributed by atoms with Crippen LogP contribution in [0.25, 0.3) is 0 Å². The van der Waals surface area contributed by atoms with Crippen LogP contribution < -0.4 is 16.0 Å². The number of ether oxygens (including phenoxy) is 1. The molecule has 3 N–H and O–H groups in total. The molecule has 1 atom stereocenters. The van der Waals surface area contributed by atoms with E-state index in [1.165, 1.54) is 10.4 Å². The second kappa shape index (κ2) is 6.49. The fraction of sp³-hybridized carbons (Fsp3) is 0.308. The third kappa shape index (κ3) is 3.53. The van der Waals surface area contributed by atoms with Gasteiger partial charge in [-0.15, -0.1) is 11.3 Å². The van der Waals surface area contributed by atoms with Crippen molar-refractivity contribution >= 4 is 11.3 Å². The largest absolute Gasteiger partial charge is 0.497 e. The van der Waals surface area contributed by atoms with Crippen molar-refractivity contribution < 1.29 is 4.74 Å². The van der Waals surface area contributed by atoms with E-state index in [9.17, 15) is 0 Å². The molecule has 0 spiro atoms. The molecule has 0 aliphatic rings. The van der Waals surface area contributed by atoms with E-state index in [0.29, 0.717) is 0 Å². The highest BCUT2D eigenvalue weighted by atomic mass is 32.1. The molecule has 0 saturated carbocycles. The summed E-state index contributed by atoms with van der Waals surface area (Å²) in [5.41, 5.74) is 5.92. The Bertz CT molecular complexity index is 473. The average molecular weight is 263 g/mol. The molecular weight excluding hydrogens is 246 g/mol. The van der Waals surface area contributed by atoms with Gasteiger partial charge in [-0.1, -0.05) is 12.1 Å². The Labute approximate surface area is 111 Å². The summed E-state index contributed by atoms with van der Waals surface area (Å²) in [6.07, 6.45) is 3.64. The molecule has 1 heterocycles. The molecule has 5 heteroatoms. The average Bonchev–Trinajstić information content (AvgIpc) is 2.91. The van der Waals surface area contributed by atoms with E-state index < -0.39 is 0 Å². The van der Waals surface area contributed by atoms with Gasteiger partial charge in [0.05, 0.1) is 12.6 Å². The Morgan fingerprint density at radius 3 is 3.00 bits per heavy atom. The van der Waals surface area contributed by atoms with Gasteiger partial charge in [0.25, 0.3) is 0 Å². The number of methoxy groups -OCH3 is 1. The summed E-state index contributed by atoms with van der Waals surface area (Å²) in [5.74, 6) is 6.49. The van der Waals surface area contributed by atoms with Gasteiger partial charge in [-0.25, -0.2) is 0 Å². The standard InChI is InChI=1S/C13H17N3OS/c1-17-12-4-2-3-10(6-12)5-11(16-14)7-13-8-15-9-18-13/h2-4,6,8-9,11,16H,5,7,14H2,1H3. The van der Waals surface area contributed by atoms with Crippen LogP contribution in [0.5, 0.6) is 5.75 Å². The Morgan fingerprint density at radius 2 is 2.33 bits per heavy atom. The van der Waals surface area contributed by atoms with Gasteiger partial charge in [-0.05, 0) is 24.1 Å². The van der Waals surface area contributed by atoms with Crippen molar-refractivity contribution in [2.75, 3.05) is 7.11 Å². The predicted octanol–water partition coefficient (Wildman–Crippen LogP) is 1.77. The lowest BCUT2D eigenvalue weighted by Gasteiger charge is -2.15. The molecule has 1 aromatic carbocycles. The molecule has 4 nitrogen and oxygen atoms in total. The topological polar surface area (TPSA) is 60.2 Å². The molecule has 1 unspecified atom stereocenters. The molecule has 1 aromatic heterocycles. The minimum Gasteiger partial charge on any atom is -0.497 e. The quantitative estimate of drug-likeness (QED) is 0.616. The first-order valence-electron chi connectivity index (χ1n) is 5.78. The molecule has 0 saturated heterocycles. The van der Waals surface area contributed by atoms with Crippen LogP contribution in [0.3, 0.4) is 0 Å². The van der Waals surface area contributed by atoms with Gasteiger partial charge in [0.2, 0.25) is 0 Å².